The van der Waals surface area contributed by atoms with Crippen molar-refractivity contribution in [2.45, 2.75) is 20.3 Å². The zero-order valence-corrected chi connectivity index (χ0v) is 14.6. The summed E-state index contributed by atoms with van der Waals surface area (Å²) in [6, 6.07) is 4.12. The van der Waals surface area contributed by atoms with E-state index in [1.165, 1.54) is 23.5 Å². The van der Waals surface area contributed by atoms with E-state index in [1.807, 2.05) is 0 Å². The summed E-state index contributed by atoms with van der Waals surface area (Å²) in [6.45, 7) is 7.75. The number of urea groups is 1. The lowest BCUT2D eigenvalue weighted by Crippen LogP contribution is -2.32. The summed E-state index contributed by atoms with van der Waals surface area (Å²) in [4.78, 5) is 28.7. The number of nitrogens with one attached hydrogen (secondary N) is 2. The lowest BCUT2D eigenvalue weighted by molar-refractivity contribution is -0.384. The summed E-state index contributed by atoms with van der Waals surface area (Å²) in [5.41, 5.74) is 0.640. The van der Waals surface area contributed by atoms with Gasteiger partial charge in [0.1, 0.15) is 0 Å². The third kappa shape index (κ3) is 4.87. The van der Waals surface area contributed by atoms with Gasteiger partial charge in [0.05, 0.1) is 15.1 Å². The molecule has 2 rings (SSSR count). The molecule has 0 atom stereocenters. The van der Waals surface area contributed by atoms with E-state index in [0.29, 0.717) is 21.9 Å². The van der Waals surface area contributed by atoms with Gasteiger partial charge in [-0.05, 0) is 32.1 Å². The van der Waals surface area contributed by atoms with Gasteiger partial charge in [-0.25, -0.2) is 9.78 Å². The zero-order valence-electron chi connectivity index (χ0n) is 13.7. The molecule has 1 aromatic heterocycles. The van der Waals surface area contributed by atoms with E-state index >= 15 is 0 Å². The molecule has 130 valence electrons. The van der Waals surface area contributed by atoms with Crippen LogP contribution in [0.1, 0.15) is 20.3 Å². The fourth-order valence-electron chi connectivity index (χ4n) is 2.27. The zero-order chi connectivity index (χ0) is 17.5. The summed E-state index contributed by atoms with van der Waals surface area (Å²) in [6.07, 6.45) is 0.876. The van der Waals surface area contributed by atoms with Gasteiger partial charge in [-0.15, -0.1) is 0 Å². The molecule has 2 N–H and O–H groups in total. The lowest BCUT2D eigenvalue weighted by atomic mass is 10.3. The largest absolute Gasteiger partial charge is 0.338 e. The Morgan fingerprint density at radius 1 is 1.38 bits per heavy atom. The standard InChI is InChI=1S/C15H21N5O3S/c1-3-19(4-2)9-5-8-16-14(21)18-15-17-12-7-6-11(20(22)23)10-13(12)24-15/h6-7,10H,3-5,8-9H2,1-2H3,(H2,16,17,18,21). The van der Waals surface area contributed by atoms with Crippen molar-refractivity contribution >= 4 is 38.4 Å². The van der Waals surface area contributed by atoms with Crippen molar-refractivity contribution in [1.29, 1.82) is 0 Å². The highest BCUT2D eigenvalue weighted by atomic mass is 32.1. The van der Waals surface area contributed by atoms with Gasteiger partial charge in [0.25, 0.3) is 5.69 Å². The van der Waals surface area contributed by atoms with Crippen LogP contribution < -0.4 is 10.6 Å². The smallest absolute Gasteiger partial charge is 0.321 e. The van der Waals surface area contributed by atoms with Gasteiger partial charge in [0.15, 0.2) is 5.13 Å². The molecule has 24 heavy (non-hydrogen) atoms. The molecule has 0 aliphatic heterocycles. The van der Waals surface area contributed by atoms with E-state index < -0.39 is 4.92 Å². The van der Waals surface area contributed by atoms with E-state index in [4.69, 9.17) is 0 Å². The lowest BCUT2D eigenvalue weighted by Gasteiger charge is -2.17. The molecular weight excluding hydrogens is 330 g/mol. The number of anilines is 1. The average molecular weight is 351 g/mol. The van der Waals surface area contributed by atoms with Crippen LogP contribution in [-0.2, 0) is 0 Å². The fraction of sp³-hybridized carbons (Fsp3) is 0.467. The fourth-order valence-corrected chi connectivity index (χ4v) is 3.16. The van der Waals surface area contributed by atoms with E-state index in [9.17, 15) is 14.9 Å². The number of hydrogen-bond donors (Lipinski definition) is 2. The van der Waals surface area contributed by atoms with E-state index in [2.05, 4.69) is 34.4 Å². The Labute approximate surface area is 144 Å². The minimum Gasteiger partial charge on any atom is -0.338 e. The molecule has 2 amide bonds. The maximum Gasteiger partial charge on any atom is 0.321 e. The van der Waals surface area contributed by atoms with Crippen LogP contribution in [0.2, 0.25) is 0 Å². The third-order valence-electron chi connectivity index (χ3n) is 3.63. The molecule has 1 aromatic carbocycles. The second-order valence-corrected chi connectivity index (χ2v) is 6.22. The summed E-state index contributed by atoms with van der Waals surface area (Å²) in [5.74, 6) is 0. The summed E-state index contributed by atoms with van der Waals surface area (Å²) in [7, 11) is 0. The molecule has 0 radical (unpaired) electrons. The highest BCUT2D eigenvalue weighted by Gasteiger charge is 2.11. The minimum absolute atomic E-state index is 0.0126. The van der Waals surface area contributed by atoms with Gasteiger partial charge >= 0.3 is 6.03 Å². The molecular formula is C15H21N5O3S. The number of nitro benzene ring substituents is 1. The first kappa shape index (κ1) is 18.1. The Morgan fingerprint density at radius 3 is 2.79 bits per heavy atom. The maximum atomic E-state index is 11.9. The second-order valence-electron chi connectivity index (χ2n) is 5.19. The Morgan fingerprint density at radius 2 is 2.12 bits per heavy atom. The van der Waals surface area contributed by atoms with Gasteiger partial charge in [0.2, 0.25) is 0 Å². The second kappa shape index (κ2) is 8.55. The number of amides is 2. The highest BCUT2D eigenvalue weighted by Crippen LogP contribution is 2.28. The Bertz CT molecular complexity index is 714. The van der Waals surface area contributed by atoms with E-state index in [1.54, 1.807) is 6.07 Å². The first-order chi connectivity index (χ1) is 11.5. The highest BCUT2D eigenvalue weighted by molar-refractivity contribution is 7.22. The molecule has 0 aliphatic rings. The SMILES string of the molecule is CCN(CC)CCCNC(=O)Nc1nc2ccc([N+](=O)[O-])cc2s1. The van der Waals surface area contributed by atoms with E-state index in [0.717, 1.165) is 26.1 Å². The van der Waals surface area contributed by atoms with Gasteiger partial charge in [-0.3, -0.25) is 15.4 Å². The van der Waals surface area contributed by atoms with Crippen molar-refractivity contribution in [3.63, 3.8) is 0 Å². The Balaban J connectivity index is 1.85. The predicted molar refractivity (Wildman–Crippen MR) is 95.7 cm³/mol. The normalized spacial score (nSPS) is 11.0. The number of carbonyl (C=O) groups excluding carboxylic acids is 1. The summed E-state index contributed by atoms with van der Waals surface area (Å²) in [5, 5.41) is 16.7. The van der Waals surface area contributed by atoms with Crippen molar-refractivity contribution in [2.75, 3.05) is 31.5 Å². The van der Waals surface area contributed by atoms with Crippen molar-refractivity contribution < 1.29 is 9.72 Å². The predicted octanol–water partition coefficient (Wildman–Crippen LogP) is 3.06. The topological polar surface area (TPSA) is 100 Å². The molecule has 2 aromatic rings. The van der Waals surface area contributed by atoms with Crippen molar-refractivity contribution in [3.05, 3.63) is 28.3 Å². The third-order valence-corrected chi connectivity index (χ3v) is 4.57. The number of nitrogens with zero attached hydrogens (tertiary/aromatic N) is 3. The number of hydrogen-bond acceptors (Lipinski definition) is 6. The van der Waals surface area contributed by atoms with Gasteiger partial charge < -0.3 is 10.2 Å². The molecule has 9 heteroatoms. The molecule has 8 nitrogen and oxygen atoms in total. The number of carbonyl (C=O) groups is 1. The number of non-ortho nitro benzene ring substituents is 1. The Hall–Kier alpha value is -2.26. The van der Waals surface area contributed by atoms with Gasteiger partial charge in [-0.1, -0.05) is 25.2 Å². The number of benzene rings is 1. The van der Waals surface area contributed by atoms with Crippen molar-refractivity contribution in [1.82, 2.24) is 15.2 Å². The van der Waals surface area contributed by atoms with E-state index in [-0.39, 0.29) is 11.7 Å². The Kier molecular flexibility index (Phi) is 6.44. The van der Waals surface area contributed by atoms with Crippen LogP contribution in [0.25, 0.3) is 10.2 Å². The van der Waals surface area contributed by atoms with Crippen LogP contribution >= 0.6 is 11.3 Å². The number of aromatic nitrogens is 1. The molecule has 0 fully saturated rings. The van der Waals surface area contributed by atoms with Crippen molar-refractivity contribution in [2.24, 2.45) is 0 Å². The first-order valence-corrected chi connectivity index (χ1v) is 8.67. The van der Waals surface area contributed by atoms with Crippen LogP contribution in [0.4, 0.5) is 15.6 Å². The molecule has 0 unspecified atom stereocenters. The molecule has 0 saturated heterocycles. The van der Waals surface area contributed by atoms with Crippen LogP contribution in [0.3, 0.4) is 0 Å². The molecule has 1 heterocycles. The van der Waals surface area contributed by atoms with Crippen LogP contribution in [-0.4, -0.2) is 47.0 Å². The van der Waals surface area contributed by atoms with Gasteiger partial charge in [0, 0.05) is 18.7 Å². The first-order valence-electron chi connectivity index (χ1n) is 7.85. The van der Waals surface area contributed by atoms with Crippen LogP contribution in [0.5, 0.6) is 0 Å². The van der Waals surface area contributed by atoms with Crippen LogP contribution in [0, 0.1) is 10.1 Å². The molecule has 0 saturated carbocycles. The number of thiazole rings is 1. The molecule has 0 spiro atoms. The molecule has 0 bridgehead atoms. The summed E-state index contributed by atoms with van der Waals surface area (Å²) < 4.78 is 0.668. The quantitative estimate of drug-likeness (QED) is 0.432. The molecule has 0 aliphatic carbocycles. The summed E-state index contributed by atoms with van der Waals surface area (Å²) >= 11 is 1.21. The van der Waals surface area contributed by atoms with Crippen LogP contribution in [0.15, 0.2) is 18.2 Å². The maximum absolute atomic E-state index is 11.9. The number of fused-ring (bicyclic) bond motifs is 1. The number of rotatable bonds is 8. The number of nitro groups is 1. The average Bonchev–Trinajstić information content (AvgIpc) is 2.96. The monoisotopic (exact) mass is 351 g/mol. The van der Waals surface area contributed by atoms with Gasteiger partial charge in [-0.2, -0.15) is 0 Å². The van der Waals surface area contributed by atoms with Crippen molar-refractivity contribution in [3.8, 4) is 0 Å². The minimum atomic E-state index is -0.450.